The van der Waals surface area contributed by atoms with Crippen LogP contribution in [0.5, 0.6) is 0 Å². The van der Waals surface area contributed by atoms with Gasteiger partial charge in [0.25, 0.3) is 11.8 Å². The van der Waals surface area contributed by atoms with Crippen molar-refractivity contribution in [2.24, 2.45) is 11.3 Å². The molecule has 0 radical (unpaired) electrons. The van der Waals surface area contributed by atoms with Gasteiger partial charge in [-0.05, 0) is 109 Å². The molecule has 1 saturated carbocycles. The largest absolute Gasteiger partial charge is 0.368 e. The van der Waals surface area contributed by atoms with E-state index in [9.17, 15) is 27.6 Å². The first-order chi connectivity index (χ1) is 31.0. The molecular formula is C45H51F3N10O6S. The van der Waals surface area contributed by atoms with Crippen LogP contribution in [0.25, 0.3) is 22.3 Å². The number of halogens is 3. The number of rotatable bonds is 10. The fourth-order valence-corrected chi connectivity index (χ4v) is 13.3. The van der Waals surface area contributed by atoms with Crippen LogP contribution in [0.1, 0.15) is 97.8 Å². The van der Waals surface area contributed by atoms with Gasteiger partial charge in [-0.25, -0.2) is 40.8 Å². The summed E-state index contributed by atoms with van der Waals surface area (Å²) in [6, 6.07) is 4.16. The lowest BCUT2D eigenvalue weighted by molar-refractivity contribution is -0.136. The number of nitrogens with one attached hydrogen (secondary N) is 2. The number of imide groups is 2. The quantitative estimate of drug-likeness (QED) is 0.208. The van der Waals surface area contributed by atoms with Gasteiger partial charge >= 0.3 is 0 Å². The van der Waals surface area contributed by atoms with Gasteiger partial charge in [0.1, 0.15) is 28.9 Å². The highest BCUT2D eigenvalue weighted by Crippen LogP contribution is 2.54. The smallest absolute Gasteiger partial charge is 0.262 e. The Morgan fingerprint density at radius 3 is 2.23 bits per heavy atom. The van der Waals surface area contributed by atoms with Crippen molar-refractivity contribution in [3.05, 3.63) is 64.9 Å². The third-order valence-corrected chi connectivity index (χ3v) is 16.8. The van der Waals surface area contributed by atoms with E-state index in [0.717, 1.165) is 36.5 Å². The van der Waals surface area contributed by atoms with Crippen molar-refractivity contribution in [3.8, 4) is 11.3 Å². The molecule has 2 N–H and O–H groups in total. The Balaban J connectivity index is 0.682. The zero-order valence-electron chi connectivity index (χ0n) is 36.4. The molecule has 6 aliphatic rings. The summed E-state index contributed by atoms with van der Waals surface area (Å²) in [6.45, 7) is 9.87. The number of likely N-dealkylation sites (tertiary alicyclic amines) is 1. The van der Waals surface area contributed by atoms with E-state index in [1.165, 1.54) is 12.1 Å². The Morgan fingerprint density at radius 1 is 0.862 bits per heavy atom. The number of imidazole rings is 1. The maximum Gasteiger partial charge on any atom is 0.262 e. The van der Waals surface area contributed by atoms with Gasteiger partial charge in [0.05, 0.1) is 33.8 Å². The molecule has 5 aliphatic heterocycles. The number of hydrogen-bond acceptors (Lipinski definition) is 12. The molecule has 4 amide bonds. The molecule has 10 rings (SSSR count). The third kappa shape index (κ3) is 7.63. The molecular weight excluding hydrogens is 866 g/mol. The van der Waals surface area contributed by atoms with Crippen molar-refractivity contribution >= 4 is 56.3 Å². The fourth-order valence-electron chi connectivity index (χ4n) is 11.3. The number of benzene rings is 2. The Morgan fingerprint density at radius 2 is 1.55 bits per heavy atom. The summed E-state index contributed by atoms with van der Waals surface area (Å²) < 4.78 is 76.9. The molecule has 4 saturated heterocycles. The van der Waals surface area contributed by atoms with Crippen molar-refractivity contribution in [1.29, 1.82) is 0 Å². The van der Waals surface area contributed by atoms with Crippen molar-refractivity contribution < 1.29 is 40.8 Å². The van der Waals surface area contributed by atoms with Crippen LogP contribution in [0.4, 0.5) is 24.8 Å². The normalized spacial score (nSPS) is 22.5. The van der Waals surface area contributed by atoms with Crippen molar-refractivity contribution in [2.45, 2.75) is 95.5 Å². The SMILES string of the molecule is Cc1nc2c(F)cc(-c3nc(NC4CCN(S(=O)(=O)C5CCN(CC6CC7(C6)CN(c6cc8c(cc6F)C(=O)N(C6CCC(=O)NC6=O)C8=O)C7)CC5)CC4)ncc3F)cc2n1C(C)C. The Labute approximate surface area is 374 Å². The molecule has 16 nitrogen and oxygen atoms in total. The summed E-state index contributed by atoms with van der Waals surface area (Å²) >= 11 is 0. The number of amides is 4. The second kappa shape index (κ2) is 16.1. The molecule has 1 spiro atoms. The molecule has 5 fully saturated rings. The number of fused-ring (bicyclic) bond motifs is 2. The van der Waals surface area contributed by atoms with Gasteiger partial charge in [0.2, 0.25) is 27.8 Å². The van der Waals surface area contributed by atoms with Gasteiger partial charge in [-0.3, -0.25) is 29.4 Å². The number of nitrogens with zero attached hydrogens (tertiary/aromatic N) is 8. The van der Waals surface area contributed by atoms with Crippen LogP contribution in [0, 0.1) is 35.7 Å². The third-order valence-electron chi connectivity index (χ3n) is 14.4. The van der Waals surface area contributed by atoms with Crippen LogP contribution in [-0.2, 0) is 19.6 Å². The van der Waals surface area contributed by atoms with Crippen molar-refractivity contribution in [3.63, 3.8) is 0 Å². The van der Waals surface area contributed by atoms with Crippen LogP contribution < -0.4 is 15.5 Å². The minimum absolute atomic E-state index is 0.0000644. The number of carbonyl (C=O) groups is 4. The summed E-state index contributed by atoms with van der Waals surface area (Å²) in [4.78, 5) is 68.5. The summed E-state index contributed by atoms with van der Waals surface area (Å²) in [5.41, 5.74) is 1.25. The van der Waals surface area contributed by atoms with Gasteiger partial charge < -0.3 is 19.7 Å². The summed E-state index contributed by atoms with van der Waals surface area (Å²) in [7, 11) is -3.53. The Kier molecular flexibility index (Phi) is 10.8. The van der Waals surface area contributed by atoms with E-state index < -0.39 is 62.4 Å². The second-order valence-corrected chi connectivity index (χ2v) is 21.3. The fraction of sp³-hybridized carbons (Fsp3) is 0.533. The first kappa shape index (κ1) is 43.4. The predicted octanol–water partition coefficient (Wildman–Crippen LogP) is 4.79. The van der Waals surface area contributed by atoms with Gasteiger partial charge in [-0.1, -0.05) is 0 Å². The van der Waals surface area contributed by atoms with Crippen LogP contribution in [0.3, 0.4) is 0 Å². The molecule has 0 bridgehead atoms. The molecule has 7 heterocycles. The summed E-state index contributed by atoms with van der Waals surface area (Å²) in [5.74, 6) is -3.18. The lowest BCUT2D eigenvalue weighted by Gasteiger charge is -2.60. The van der Waals surface area contributed by atoms with E-state index in [-0.39, 0.29) is 69.9 Å². The first-order valence-corrected chi connectivity index (χ1v) is 24.0. The number of sulfonamides is 1. The summed E-state index contributed by atoms with van der Waals surface area (Å²) in [5, 5.41) is 4.96. The molecule has 1 unspecified atom stereocenters. The average molecular weight is 917 g/mol. The maximum atomic E-state index is 15.4. The van der Waals surface area contributed by atoms with Gasteiger partial charge in [0, 0.05) is 62.2 Å². The first-order valence-electron chi connectivity index (χ1n) is 22.5. The highest BCUT2D eigenvalue weighted by atomic mass is 32.2. The standard InChI is InChI=1S/C45H51F3N10O6S/c1-24(2)57-25(3)50-40-33(47)14-27(15-37(40)57)39-34(48)20-49-44(53-39)51-28-6-12-56(13-7-28)65(63,64)29-8-10-54(11-9-29)21-26-18-45(19-26)22-55(23-45)36-17-31-30(16-32(36)46)42(61)58(43(31)62)35-4-5-38(59)52-41(35)60/h14-17,20,24,26,28-29,35H,4-13,18-19,21-23H2,1-3H3,(H,49,51,53)(H,52,59,60). The zero-order valence-corrected chi connectivity index (χ0v) is 37.3. The Hall–Kier alpha value is -5.47. The molecule has 1 atom stereocenters. The summed E-state index contributed by atoms with van der Waals surface area (Å²) in [6.07, 6.45) is 5.12. The van der Waals surface area contributed by atoms with Gasteiger partial charge in [0.15, 0.2) is 11.6 Å². The van der Waals surface area contributed by atoms with E-state index in [4.69, 9.17) is 0 Å². The number of carbonyl (C=O) groups excluding carboxylic acids is 4. The molecule has 344 valence electrons. The number of aryl methyl sites for hydroxylation is 1. The van der Waals surface area contributed by atoms with Crippen LogP contribution in [-0.4, -0.2) is 129 Å². The zero-order chi connectivity index (χ0) is 45.7. The highest BCUT2D eigenvalue weighted by Gasteiger charge is 2.54. The number of anilines is 2. The lowest BCUT2D eigenvalue weighted by atomic mass is 9.57. The molecule has 2 aromatic heterocycles. The van der Waals surface area contributed by atoms with Crippen LogP contribution in [0.15, 0.2) is 30.5 Å². The molecule has 2 aromatic carbocycles. The van der Waals surface area contributed by atoms with E-state index >= 15 is 13.2 Å². The average Bonchev–Trinajstić information content (AvgIpc) is 3.70. The highest BCUT2D eigenvalue weighted by molar-refractivity contribution is 7.89. The Bertz CT molecular complexity index is 2750. The van der Waals surface area contributed by atoms with E-state index in [2.05, 4.69) is 30.5 Å². The second-order valence-electron chi connectivity index (χ2n) is 19.1. The topological polar surface area (TPSA) is 183 Å². The van der Waals surface area contributed by atoms with Crippen molar-refractivity contribution in [1.82, 2.24) is 38.9 Å². The molecule has 4 aromatic rings. The lowest BCUT2D eigenvalue weighted by Crippen LogP contribution is -2.64. The van der Waals surface area contributed by atoms with Crippen molar-refractivity contribution in [2.75, 3.05) is 56.0 Å². The van der Waals surface area contributed by atoms with E-state index in [1.807, 2.05) is 23.3 Å². The maximum absolute atomic E-state index is 15.4. The predicted molar refractivity (Wildman–Crippen MR) is 233 cm³/mol. The number of aromatic nitrogens is 4. The minimum atomic E-state index is -3.53. The number of piperidine rings is 3. The molecule has 20 heteroatoms. The van der Waals surface area contributed by atoms with Crippen LogP contribution >= 0.6 is 0 Å². The number of hydrogen-bond donors (Lipinski definition) is 2. The van der Waals surface area contributed by atoms with E-state index in [0.29, 0.717) is 82.2 Å². The van der Waals surface area contributed by atoms with Gasteiger partial charge in [-0.2, -0.15) is 0 Å². The minimum Gasteiger partial charge on any atom is -0.368 e. The van der Waals surface area contributed by atoms with E-state index in [1.54, 1.807) is 17.3 Å². The van der Waals surface area contributed by atoms with Crippen LogP contribution in [0.2, 0.25) is 0 Å². The monoisotopic (exact) mass is 916 g/mol. The molecule has 1 aliphatic carbocycles. The molecule has 65 heavy (non-hydrogen) atoms. The van der Waals surface area contributed by atoms with Gasteiger partial charge in [-0.15, -0.1) is 0 Å².